The smallest absolute Gasteiger partial charge is 0.161 e. The van der Waals surface area contributed by atoms with Gasteiger partial charge in [-0.05, 0) is 46.2 Å². The lowest BCUT2D eigenvalue weighted by Crippen LogP contribution is -2.27. The molecule has 0 unspecified atom stereocenters. The van der Waals surface area contributed by atoms with Gasteiger partial charge in [-0.2, -0.15) is 0 Å². The molecular weight excluding hydrogens is 367 g/mol. The van der Waals surface area contributed by atoms with Crippen molar-refractivity contribution in [3.8, 4) is 0 Å². The van der Waals surface area contributed by atoms with E-state index in [1.165, 1.54) is 0 Å². The van der Waals surface area contributed by atoms with Gasteiger partial charge in [0, 0.05) is 15.9 Å². The summed E-state index contributed by atoms with van der Waals surface area (Å²) >= 11 is 10.2. The van der Waals surface area contributed by atoms with Gasteiger partial charge < -0.3 is 5.32 Å². The summed E-state index contributed by atoms with van der Waals surface area (Å²) < 4.78 is 1.14. The van der Waals surface area contributed by atoms with E-state index in [0.29, 0.717) is 5.41 Å². The SMILES string of the molecule is CC1(C)CN=C(Nc2ccc(I)cc2Cl)SC1. The summed E-state index contributed by atoms with van der Waals surface area (Å²) in [6.45, 7) is 5.33. The van der Waals surface area contributed by atoms with Gasteiger partial charge in [0.1, 0.15) is 0 Å². The molecule has 92 valence electrons. The fourth-order valence-corrected chi connectivity index (χ4v) is 3.28. The molecule has 1 N–H and O–H groups in total. The van der Waals surface area contributed by atoms with E-state index < -0.39 is 0 Å². The number of anilines is 1. The van der Waals surface area contributed by atoms with E-state index in [1.807, 2.05) is 18.2 Å². The maximum absolute atomic E-state index is 6.17. The van der Waals surface area contributed by atoms with E-state index in [9.17, 15) is 0 Å². The van der Waals surface area contributed by atoms with Crippen LogP contribution >= 0.6 is 46.0 Å². The van der Waals surface area contributed by atoms with E-state index in [1.54, 1.807) is 11.8 Å². The molecule has 0 radical (unpaired) electrons. The summed E-state index contributed by atoms with van der Waals surface area (Å²) in [7, 11) is 0. The number of amidine groups is 1. The zero-order valence-corrected chi connectivity index (χ0v) is 13.5. The van der Waals surface area contributed by atoms with Crippen LogP contribution < -0.4 is 5.32 Å². The van der Waals surface area contributed by atoms with Gasteiger partial charge in [-0.15, -0.1) is 0 Å². The Bertz CT molecular complexity index is 460. The third kappa shape index (κ3) is 3.76. The predicted molar refractivity (Wildman–Crippen MR) is 86.3 cm³/mol. The Kier molecular flexibility index (Phi) is 4.26. The average molecular weight is 381 g/mol. The van der Waals surface area contributed by atoms with E-state index >= 15 is 0 Å². The maximum Gasteiger partial charge on any atom is 0.161 e. The van der Waals surface area contributed by atoms with Crippen molar-refractivity contribution in [2.24, 2.45) is 10.4 Å². The number of nitrogens with one attached hydrogen (secondary N) is 1. The van der Waals surface area contributed by atoms with E-state index in [0.717, 1.165) is 31.7 Å². The fourth-order valence-electron chi connectivity index (χ4n) is 1.42. The zero-order valence-electron chi connectivity index (χ0n) is 9.76. The number of hydrogen-bond donors (Lipinski definition) is 1. The quantitative estimate of drug-likeness (QED) is 0.726. The van der Waals surface area contributed by atoms with Gasteiger partial charge in [-0.3, -0.25) is 4.99 Å². The highest BCUT2D eigenvalue weighted by Gasteiger charge is 2.23. The van der Waals surface area contributed by atoms with Crippen LogP contribution in [-0.2, 0) is 0 Å². The second kappa shape index (κ2) is 5.36. The fraction of sp³-hybridized carbons (Fsp3) is 0.417. The first-order valence-corrected chi connectivity index (χ1v) is 7.80. The highest BCUT2D eigenvalue weighted by Crippen LogP contribution is 2.30. The minimum atomic E-state index is 0.297. The second-order valence-corrected chi connectivity index (χ2v) is 7.44. The maximum atomic E-state index is 6.17. The lowest BCUT2D eigenvalue weighted by atomic mass is 9.97. The van der Waals surface area contributed by atoms with Crippen LogP contribution in [0.25, 0.3) is 0 Å². The third-order valence-electron chi connectivity index (χ3n) is 2.42. The summed E-state index contributed by atoms with van der Waals surface area (Å²) in [4.78, 5) is 4.55. The Labute approximate surface area is 125 Å². The largest absolute Gasteiger partial charge is 0.334 e. The Morgan fingerprint density at radius 1 is 1.47 bits per heavy atom. The van der Waals surface area contributed by atoms with Crippen molar-refractivity contribution in [2.45, 2.75) is 13.8 Å². The Hall–Kier alpha value is 0.0600. The predicted octanol–water partition coefficient (Wildman–Crippen LogP) is 4.49. The molecule has 0 atom stereocenters. The van der Waals surface area contributed by atoms with Crippen molar-refractivity contribution in [2.75, 3.05) is 17.6 Å². The van der Waals surface area contributed by atoms with Crippen molar-refractivity contribution in [1.82, 2.24) is 0 Å². The summed E-state index contributed by atoms with van der Waals surface area (Å²) in [5, 5.41) is 5.00. The number of thioether (sulfide) groups is 1. The lowest BCUT2D eigenvalue weighted by molar-refractivity contribution is 0.438. The van der Waals surface area contributed by atoms with Gasteiger partial charge in [0.15, 0.2) is 5.17 Å². The van der Waals surface area contributed by atoms with Crippen LogP contribution in [0.5, 0.6) is 0 Å². The Balaban J connectivity index is 2.09. The van der Waals surface area contributed by atoms with Crippen LogP contribution in [0.1, 0.15) is 13.8 Å². The topological polar surface area (TPSA) is 24.4 Å². The molecule has 1 aromatic rings. The molecule has 1 aliphatic rings. The molecule has 0 spiro atoms. The van der Waals surface area contributed by atoms with Crippen LogP contribution in [0.4, 0.5) is 5.69 Å². The number of hydrogen-bond acceptors (Lipinski definition) is 3. The molecule has 2 rings (SSSR count). The summed E-state index contributed by atoms with van der Waals surface area (Å²) in [6.07, 6.45) is 0. The molecule has 2 nitrogen and oxygen atoms in total. The second-order valence-electron chi connectivity index (χ2n) is 4.82. The Morgan fingerprint density at radius 3 is 2.82 bits per heavy atom. The van der Waals surface area contributed by atoms with Crippen LogP contribution in [0.15, 0.2) is 23.2 Å². The van der Waals surface area contributed by atoms with Crippen molar-refractivity contribution < 1.29 is 0 Å². The normalized spacial score (nSPS) is 18.7. The molecule has 0 saturated carbocycles. The molecule has 0 fully saturated rings. The summed E-state index contributed by atoms with van der Waals surface area (Å²) in [5.74, 6) is 1.08. The van der Waals surface area contributed by atoms with E-state index in [-0.39, 0.29) is 0 Å². The zero-order chi connectivity index (χ0) is 12.5. The van der Waals surface area contributed by atoms with Crippen LogP contribution in [0, 0.1) is 8.99 Å². The van der Waals surface area contributed by atoms with Gasteiger partial charge in [-0.25, -0.2) is 0 Å². The summed E-state index contributed by atoms with van der Waals surface area (Å²) in [5.41, 5.74) is 1.23. The van der Waals surface area contributed by atoms with Gasteiger partial charge in [0.05, 0.1) is 10.7 Å². The summed E-state index contributed by atoms with van der Waals surface area (Å²) in [6, 6.07) is 5.97. The van der Waals surface area contributed by atoms with Crippen molar-refractivity contribution in [3.05, 3.63) is 26.8 Å². The number of nitrogens with zero attached hydrogens (tertiary/aromatic N) is 1. The molecular formula is C12H14ClIN2S. The van der Waals surface area contributed by atoms with Gasteiger partial charge in [0.25, 0.3) is 0 Å². The molecule has 1 aromatic carbocycles. The first-order valence-electron chi connectivity index (χ1n) is 5.36. The highest BCUT2D eigenvalue weighted by atomic mass is 127. The molecule has 17 heavy (non-hydrogen) atoms. The van der Waals surface area contributed by atoms with E-state index in [4.69, 9.17) is 11.6 Å². The molecule has 5 heteroatoms. The molecule has 0 aromatic heterocycles. The molecule has 0 aliphatic carbocycles. The van der Waals surface area contributed by atoms with Crippen molar-refractivity contribution >= 4 is 56.8 Å². The number of benzene rings is 1. The number of halogens is 2. The highest BCUT2D eigenvalue weighted by molar-refractivity contribution is 14.1. The van der Waals surface area contributed by atoms with Crippen LogP contribution in [-0.4, -0.2) is 17.5 Å². The molecule has 1 aliphatic heterocycles. The monoisotopic (exact) mass is 380 g/mol. The standard InChI is InChI=1S/C12H14ClIN2S/c1-12(2)6-15-11(17-7-12)16-10-4-3-8(14)5-9(10)13/h3-5H,6-7H2,1-2H3,(H,15,16). The van der Waals surface area contributed by atoms with Crippen molar-refractivity contribution in [1.29, 1.82) is 0 Å². The molecule has 0 bridgehead atoms. The van der Waals surface area contributed by atoms with E-state index in [2.05, 4.69) is 46.7 Å². The van der Waals surface area contributed by atoms with Crippen LogP contribution in [0.3, 0.4) is 0 Å². The average Bonchev–Trinajstić information content (AvgIpc) is 2.25. The van der Waals surface area contributed by atoms with Gasteiger partial charge in [-0.1, -0.05) is 37.2 Å². The van der Waals surface area contributed by atoms with Gasteiger partial charge in [0.2, 0.25) is 0 Å². The first kappa shape index (κ1) is 13.5. The van der Waals surface area contributed by atoms with Crippen molar-refractivity contribution in [3.63, 3.8) is 0 Å². The number of rotatable bonds is 1. The minimum absolute atomic E-state index is 0.297. The lowest BCUT2D eigenvalue weighted by Gasteiger charge is -2.27. The number of aliphatic imine (C=N–C) groups is 1. The van der Waals surface area contributed by atoms with Gasteiger partial charge >= 0.3 is 0 Å². The minimum Gasteiger partial charge on any atom is -0.334 e. The molecule has 0 saturated heterocycles. The Morgan fingerprint density at radius 2 is 2.24 bits per heavy atom. The van der Waals surface area contributed by atoms with Crippen LogP contribution in [0.2, 0.25) is 5.02 Å². The first-order chi connectivity index (χ1) is 7.96. The molecule has 0 amide bonds. The molecule has 1 heterocycles. The third-order valence-corrected chi connectivity index (χ3v) is 4.84.